The van der Waals surface area contributed by atoms with Gasteiger partial charge in [0.25, 0.3) is 5.91 Å². The minimum Gasteiger partial charge on any atom is -0.399 e. The number of rotatable bonds is 2. The van der Waals surface area contributed by atoms with Crippen molar-refractivity contribution in [3.05, 3.63) is 37.2 Å². The van der Waals surface area contributed by atoms with E-state index >= 15 is 0 Å². The highest BCUT2D eigenvalue weighted by molar-refractivity contribution is 9.11. The first-order valence-electron chi connectivity index (χ1n) is 4.95. The second-order valence-electron chi connectivity index (χ2n) is 3.57. The van der Waals surface area contributed by atoms with Crippen LogP contribution in [0.2, 0.25) is 0 Å². The second kappa shape index (κ2) is 5.38. The lowest BCUT2D eigenvalue weighted by Crippen LogP contribution is -2.13. The number of nitrogens with zero attached hydrogens (tertiary/aromatic N) is 1. The maximum atomic E-state index is 12.0. The Morgan fingerprint density at radius 2 is 2.00 bits per heavy atom. The molecule has 1 amide bonds. The monoisotopic (exact) mass is 389 g/mol. The first-order chi connectivity index (χ1) is 8.47. The zero-order chi connectivity index (χ0) is 13.3. The lowest BCUT2D eigenvalue weighted by atomic mass is 10.3. The van der Waals surface area contributed by atoms with E-state index < -0.39 is 0 Å². The molecule has 0 aliphatic rings. The Bertz CT molecular complexity index is 589. The molecule has 1 aromatic heterocycles. The number of aryl methyl sites for hydroxylation is 1. The van der Waals surface area contributed by atoms with Crippen LogP contribution in [0.5, 0.6) is 0 Å². The molecule has 1 heterocycles. The number of carbonyl (C=O) groups excluding carboxylic acids is 1. The number of halogens is 2. The van der Waals surface area contributed by atoms with Crippen LogP contribution in [-0.4, -0.2) is 10.9 Å². The summed E-state index contributed by atoms with van der Waals surface area (Å²) >= 11 is 8.16. The number of nitrogens with one attached hydrogen (secondary N) is 1. The van der Waals surface area contributed by atoms with Crippen LogP contribution < -0.4 is 11.1 Å². The number of aromatic nitrogens is 1. The Kier molecular flexibility index (Phi) is 4.04. The van der Waals surface area contributed by atoms with E-state index in [0.717, 1.165) is 14.0 Å². The van der Waals surface area contributed by atoms with Gasteiger partial charge in [-0.3, -0.25) is 4.79 Å². The molecule has 0 fully saturated rings. The third-order valence-corrected chi connectivity index (χ3v) is 4.18. The van der Waals surface area contributed by atoms with Crippen LogP contribution in [0.25, 0.3) is 0 Å². The highest BCUT2D eigenvalue weighted by Gasteiger charge is 2.14. The van der Waals surface area contributed by atoms with Crippen molar-refractivity contribution in [2.75, 3.05) is 11.1 Å². The predicted octanol–water partition coefficient (Wildman–Crippen LogP) is 3.81. The summed E-state index contributed by atoms with van der Waals surface area (Å²) in [4.78, 5) is 16.1. The Morgan fingerprint density at radius 3 is 2.50 bits per heavy atom. The standard InChI is InChI=1S/C11H9Br2N3OS/c1-5-15-9(4-18-5)11(17)16-10-7(12)2-6(14)3-8(10)13/h2-4H,14H2,1H3,(H,16,17). The van der Waals surface area contributed by atoms with Crippen LogP contribution in [0.4, 0.5) is 11.4 Å². The van der Waals surface area contributed by atoms with E-state index in [1.807, 2.05) is 6.92 Å². The predicted molar refractivity (Wildman–Crippen MR) is 81.1 cm³/mol. The molecule has 0 spiro atoms. The lowest BCUT2D eigenvalue weighted by molar-refractivity contribution is 0.102. The van der Waals surface area contributed by atoms with Crippen LogP contribution in [0.3, 0.4) is 0 Å². The molecule has 18 heavy (non-hydrogen) atoms. The highest BCUT2D eigenvalue weighted by atomic mass is 79.9. The molecule has 4 nitrogen and oxygen atoms in total. The number of thiazole rings is 1. The zero-order valence-electron chi connectivity index (χ0n) is 9.33. The van der Waals surface area contributed by atoms with Crippen LogP contribution in [0.15, 0.2) is 26.5 Å². The quantitative estimate of drug-likeness (QED) is 0.766. The molecule has 0 radical (unpaired) electrons. The summed E-state index contributed by atoms with van der Waals surface area (Å²) < 4.78 is 1.43. The molecule has 0 saturated heterocycles. The van der Waals surface area contributed by atoms with E-state index in [4.69, 9.17) is 5.73 Å². The molecule has 0 bridgehead atoms. The van der Waals surface area contributed by atoms with Gasteiger partial charge < -0.3 is 11.1 Å². The number of amides is 1. The van der Waals surface area contributed by atoms with Gasteiger partial charge in [0.2, 0.25) is 0 Å². The normalized spacial score (nSPS) is 10.4. The molecular weight excluding hydrogens is 382 g/mol. The van der Waals surface area contributed by atoms with Crippen LogP contribution in [-0.2, 0) is 0 Å². The fourth-order valence-electron chi connectivity index (χ4n) is 1.36. The first-order valence-corrected chi connectivity index (χ1v) is 7.42. The van der Waals surface area contributed by atoms with E-state index in [1.54, 1.807) is 17.5 Å². The average Bonchev–Trinajstić information content (AvgIpc) is 2.70. The third kappa shape index (κ3) is 2.90. The SMILES string of the molecule is Cc1nc(C(=O)Nc2c(Br)cc(N)cc2Br)cs1. The van der Waals surface area contributed by atoms with Gasteiger partial charge in [0.15, 0.2) is 0 Å². The van der Waals surface area contributed by atoms with Crippen molar-refractivity contribution in [3.8, 4) is 0 Å². The summed E-state index contributed by atoms with van der Waals surface area (Å²) in [5.41, 5.74) is 7.35. The van der Waals surface area contributed by atoms with E-state index in [-0.39, 0.29) is 5.91 Å². The summed E-state index contributed by atoms with van der Waals surface area (Å²) in [5, 5.41) is 5.37. The number of hydrogen-bond acceptors (Lipinski definition) is 4. The lowest BCUT2D eigenvalue weighted by Gasteiger charge is -2.09. The van der Waals surface area contributed by atoms with Gasteiger partial charge in [-0.1, -0.05) is 0 Å². The largest absolute Gasteiger partial charge is 0.399 e. The molecule has 0 saturated carbocycles. The molecular formula is C11H9Br2N3OS. The molecule has 0 aliphatic carbocycles. The molecule has 0 unspecified atom stereocenters. The van der Waals surface area contributed by atoms with E-state index in [0.29, 0.717) is 17.1 Å². The van der Waals surface area contributed by atoms with Gasteiger partial charge in [0.1, 0.15) is 5.69 Å². The number of benzene rings is 1. The van der Waals surface area contributed by atoms with Crippen LogP contribution in [0, 0.1) is 6.92 Å². The topological polar surface area (TPSA) is 68.0 Å². The first kappa shape index (κ1) is 13.5. The summed E-state index contributed by atoms with van der Waals surface area (Å²) in [7, 11) is 0. The number of nitrogen functional groups attached to an aromatic ring is 1. The van der Waals surface area contributed by atoms with E-state index in [2.05, 4.69) is 42.2 Å². The Labute approximate surface area is 125 Å². The maximum Gasteiger partial charge on any atom is 0.275 e. The average molecular weight is 391 g/mol. The van der Waals surface area contributed by atoms with Gasteiger partial charge in [-0.05, 0) is 50.9 Å². The second-order valence-corrected chi connectivity index (χ2v) is 6.34. The van der Waals surface area contributed by atoms with Crippen molar-refractivity contribution in [1.29, 1.82) is 0 Å². The summed E-state index contributed by atoms with van der Waals surface area (Å²) in [6.45, 7) is 1.86. The Balaban J connectivity index is 2.27. The van der Waals surface area contributed by atoms with Gasteiger partial charge in [-0.15, -0.1) is 11.3 Å². The third-order valence-electron chi connectivity index (χ3n) is 2.15. The van der Waals surface area contributed by atoms with Crippen molar-refractivity contribution >= 4 is 60.5 Å². The van der Waals surface area contributed by atoms with Gasteiger partial charge >= 0.3 is 0 Å². The molecule has 1 aromatic carbocycles. The molecule has 3 N–H and O–H groups in total. The van der Waals surface area contributed by atoms with Gasteiger partial charge in [-0.25, -0.2) is 4.98 Å². The highest BCUT2D eigenvalue weighted by Crippen LogP contribution is 2.33. The van der Waals surface area contributed by atoms with Crippen molar-refractivity contribution in [2.45, 2.75) is 6.92 Å². The number of hydrogen-bond donors (Lipinski definition) is 2. The smallest absolute Gasteiger partial charge is 0.275 e. The van der Waals surface area contributed by atoms with Gasteiger partial charge in [0, 0.05) is 20.0 Å². The Hall–Kier alpha value is -0.920. The fourth-order valence-corrected chi connectivity index (χ4v) is 3.37. The van der Waals surface area contributed by atoms with Crippen LogP contribution in [0.1, 0.15) is 15.5 Å². The van der Waals surface area contributed by atoms with Crippen molar-refractivity contribution in [3.63, 3.8) is 0 Å². The Morgan fingerprint density at radius 1 is 1.39 bits per heavy atom. The van der Waals surface area contributed by atoms with Crippen molar-refractivity contribution < 1.29 is 4.79 Å². The minimum atomic E-state index is -0.245. The summed E-state index contributed by atoms with van der Waals surface area (Å²) in [6, 6.07) is 3.46. The zero-order valence-corrected chi connectivity index (χ0v) is 13.3. The fraction of sp³-hybridized carbons (Fsp3) is 0.0909. The van der Waals surface area contributed by atoms with E-state index in [1.165, 1.54) is 11.3 Å². The molecule has 0 atom stereocenters. The van der Waals surface area contributed by atoms with E-state index in [9.17, 15) is 4.79 Å². The van der Waals surface area contributed by atoms with Crippen molar-refractivity contribution in [2.24, 2.45) is 0 Å². The molecule has 2 aromatic rings. The maximum absolute atomic E-state index is 12.0. The van der Waals surface area contributed by atoms with Gasteiger partial charge in [0.05, 0.1) is 10.7 Å². The molecule has 0 aliphatic heterocycles. The molecule has 7 heteroatoms. The summed E-state index contributed by atoms with van der Waals surface area (Å²) in [6.07, 6.45) is 0. The number of anilines is 2. The van der Waals surface area contributed by atoms with Crippen LogP contribution >= 0.6 is 43.2 Å². The molecule has 94 valence electrons. The molecule has 2 rings (SSSR count). The summed E-state index contributed by atoms with van der Waals surface area (Å²) in [5.74, 6) is -0.245. The minimum absolute atomic E-state index is 0.245. The number of carbonyl (C=O) groups is 1. The van der Waals surface area contributed by atoms with Gasteiger partial charge in [-0.2, -0.15) is 0 Å². The van der Waals surface area contributed by atoms with Crippen molar-refractivity contribution in [1.82, 2.24) is 4.98 Å². The number of nitrogens with two attached hydrogens (primary N) is 1.